The smallest absolute Gasteiger partial charge is 0.186 e. The van der Waals surface area contributed by atoms with Crippen LogP contribution in [0.2, 0.25) is 0 Å². The maximum absolute atomic E-state index is 10.8. The number of benzene rings is 1. The van der Waals surface area contributed by atoms with Crippen molar-refractivity contribution in [3.63, 3.8) is 0 Å². The molecule has 6 heteroatoms. The van der Waals surface area contributed by atoms with E-state index < -0.39 is 22.2 Å². The monoisotopic (exact) mass is 284 g/mol. The third kappa shape index (κ3) is 3.02. The predicted molar refractivity (Wildman–Crippen MR) is 70.8 cm³/mol. The van der Waals surface area contributed by atoms with Crippen LogP contribution in [0.1, 0.15) is 17.9 Å². The van der Waals surface area contributed by atoms with E-state index >= 15 is 0 Å². The summed E-state index contributed by atoms with van der Waals surface area (Å²) in [5.74, 6) is 0.137. The molecule has 3 atom stereocenters. The molecule has 0 spiro atoms. The van der Waals surface area contributed by atoms with Crippen molar-refractivity contribution in [3.8, 4) is 0 Å². The summed E-state index contributed by atoms with van der Waals surface area (Å²) < 4.78 is 39.5. The second-order valence-corrected chi connectivity index (χ2v) is 5.81. The topological polar surface area (TPSA) is 74.6 Å². The van der Waals surface area contributed by atoms with Crippen molar-refractivity contribution in [1.82, 2.24) is 0 Å². The van der Waals surface area contributed by atoms with Crippen LogP contribution in [0.15, 0.2) is 52.3 Å². The summed E-state index contributed by atoms with van der Waals surface area (Å²) in [6.45, 7) is 0. The molecule has 2 rings (SSSR count). The van der Waals surface area contributed by atoms with Crippen LogP contribution >= 0.6 is 0 Å². The van der Waals surface area contributed by atoms with Gasteiger partial charge in [0.25, 0.3) is 0 Å². The molecule has 1 aromatic rings. The maximum Gasteiger partial charge on any atom is 0.186 e. The van der Waals surface area contributed by atoms with Gasteiger partial charge in [-0.3, -0.25) is 0 Å². The van der Waals surface area contributed by atoms with Crippen LogP contribution in [0.4, 0.5) is 0 Å². The van der Waals surface area contributed by atoms with Crippen molar-refractivity contribution in [2.75, 3.05) is 0 Å². The summed E-state index contributed by atoms with van der Waals surface area (Å²) in [6.07, 6.45) is 5.90. The Morgan fingerprint density at radius 2 is 1.72 bits per heavy atom. The minimum absolute atomic E-state index is 0.137. The molecule has 0 aromatic heterocycles. The lowest BCUT2D eigenvalue weighted by atomic mass is 9.93. The van der Waals surface area contributed by atoms with Crippen molar-refractivity contribution in [2.45, 2.75) is 17.2 Å². The highest BCUT2D eigenvalue weighted by Gasteiger charge is 2.13. The van der Waals surface area contributed by atoms with Gasteiger partial charge in [-0.1, -0.05) is 24.3 Å². The van der Waals surface area contributed by atoms with Gasteiger partial charge in [-0.15, -0.1) is 0 Å². The predicted octanol–water partition coefficient (Wildman–Crippen LogP) is 2.42. The number of hydrogen-bond acceptors (Lipinski definition) is 2. The fraction of sp³-hybridized carbons (Fsp3) is 0.167. The van der Waals surface area contributed by atoms with Crippen LogP contribution in [0, 0.1) is 0 Å². The molecule has 0 saturated carbocycles. The minimum atomic E-state index is -1.96. The molecule has 3 unspecified atom stereocenters. The van der Waals surface area contributed by atoms with E-state index in [1.54, 1.807) is 36.4 Å². The van der Waals surface area contributed by atoms with E-state index in [4.69, 9.17) is 9.11 Å². The Kier molecular flexibility index (Phi) is 4.23. The van der Waals surface area contributed by atoms with Crippen LogP contribution in [-0.4, -0.2) is 17.5 Å². The van der Waals surface area contributed by atoms with Crippen LogP contribution < -0.4 is 0 Å². The standard InChI is InChI=1S/C12H12O4S2/c13-17(14)11-5-1-9(2-6-11)10-3-7-12(8-4-10)18(15)16/h1-3,5-8,10H,4H2,(H,13,14)(H,15,16). The lowest BCUT2D eigenvalue weighted by Crippen LogP contribution is -2.01. The molecule has 4 nitrogen and oxygen atoms in total. The molecule has 0 fully saturated rings. The molecule has 1 aliphatic carbocycles. The van der Waals surface area contributed by atoms with Gasteiger partial charge in [-0.2, -0.15) is 0 Å². The first kappa shape index (κ1) is 13.4. The molecule has 0 aliphatic heterocycles. The molecule has 0 bridgehead atoms. The lowest BCUT2D eigenvalue weighted by Gasteiger charge is -2.15. The van der Waals surface area contributed by atoms with E-state index in [9.17, 15) is 8.42 Å². The highest BCUT2D eigenvalue weighted by atomic mass is 32.2. The van der Waals surface area contributed by atoms with Gasteiger partial charge >= 0.3 is 0 Å². The summed E-state index contributed by atoms with van der Waals surface area (Å²) in [6, 6.07) is 6.83. The number of rotatable bonds is 3. The molecule has 0 radical (unpaired) electrons. The second-order valence-electron chi connectivity index (χ2n) is 3.88. The molecule has 1 aromatic carbocycles. The third-order valence-electron chi connectivity index (χ3n) is 2.78. The zero-order valence-corrected chi connectivity index (χ0v) is 11.0. The largest absolute Gasteiger partial charge is 0.302 e. The van der Waals surface area contributed by atoms with Gasteiger partial charge in [0.15, 0.2) is 22.2 Å². The van der Waals surface area contributed by atoms with E-state index in [-0.39, 0.29) is 5.92 Å². The lowest BCUT2D eigenvalue weighted by molar-refractivity contribution is 0.564. The van der Waals surface area contributed by atoms with Gasteiger partial charge in [0.1, 0.15) is 0 Å². The molecule has 0 heterocycles. The molecule has 96 valence electrons. The quantitative estimate of drug-likeness (QED) is 0.836. The molecular weight excluding hydrogens is 272 g/mol. The minimum Gasteiger partial charge on any atom is -0.302 e. The van der Waals surface area contributed by atoms with E-state index in [0.717, 1.165) is 5.56 Å². The molecule has 2 N–H and O–H groups in total. The Morgan fingerprint density at radius 3 is 2.17 bits per heavy atom. The SMILES string of the molecule is O=S(O)C1=CCC(c2ccc(S(=O)O)cc2)C=C1. The van der Waals surface area contributed by atoms with Gasteiger partial charge in [0, 0.05) is 5.92 Å². The Bertz CT molecular complexity index is 546. The van der Waals surface area contributed by atoms with Crippen LogP contribution in [0.3, 0.4) is 0 Å². The fourth-order valence-electron chi connectivity index (χ4n) is 1.81. The fourth-order valence-corrected chi connectivity index (χ4v) is 2.61. The Balaban J connectivity index is 2.13. The Morgan fingerprint density at radius 1 is 1.06 bits per heavy atom. The van der Waals surface area contributed by atoms with Gasteiger partial charge in [-0.05, 0) is 30.2 Å². The van der Waals surface area contributed by atoms with Crippen molar-refractivity contribution >= 4 is 22.2 Å². The summed E-state index contributed by atoms with van der Waals surface area (Å²) in [7, 11) is 0. The van der Waals surface area contributed by atoms with Crippen molar-refractivity contribution < 1.29 is 17.5 Å². The summed E-state index contributed by atoms with van der Waals surface area (Å²) in [5.41, 5.74) is 1.01. The number of hydrogen-bond donors (Lipinski definition) is 2. The van der Waals surface area contributed by atoms with Crippen LogP contribution in [0.5, 0.6) is 0 Å². The molecule has 0 amide bonds. The van der Waals surface area contributed by atoms with E-state index in [2.05, 4.69) is 0 Å². The van der Waals surface area contributed by atoms with Crippen LogP contribution in [0.25, 0.3) is 0 Å². The summed E-state index contributed by atoms with van der Waals surface area (Å²) >= 11 is -3.89. The second kappa shape index (κ2) is 5.71. The third-order valence-corrected chi connectivity index (χ3v) is 4.16. The van der Waals surface area contributed by atoms with Gasteiger partial charge in [0.05, 0.1) is 9.80 Å². The number of allylic oxidation sites excluding steroid dienone is 3. The highest BCUT2D eigenvalue weighted by Crippen LogP contribution is 2.27. The van der Waals surface area contributed by atoms with E-state index in [1.165, 1.54) is 0 Å². The van der Waals surface area contributed by atoms with Gasteiger partial charge in [0.2, 0.25) is 0 Å². The maximum atomic E-state index is 10.8. The molecule has 1 aliphatic rings. The zero-order valence-electron chi connectivity index (χ0n) is 9.35. The van der Waals surface area contributed by atoms with Gasteiger partial charge < -0.3 is 9.11 Å². The Labute approximate surface area is 110 Å². The zero-order chi connectivity index (χ0) is 13.1. The molecule has 18 heavy (non-hydrogen) atoms. The first-order valence-electron chi connectivity index (χ1n) is 5.28. The van der Waals surface area contributed by atoms with Crippen LogP contribution in [-0.2, 0) is 22.2 Å². The Hall–Kier alpha value is -1.08. The average molecular weight is 284 g/mol. The van der Waals surface area contributed by atoms with Crippen molar-refractivity contribution in [3.05, 3.63) is 53.0 Å². The first-order chi connectivity index (χ1) is 8.58. The highest BCUT2D eigenvalue weighted by molar-refractivity contribution is 7.83. The van der Waals surface area contributed by atoms with Crippen molar-refractivity contribution in [1.29, 1.82) is 0 Å². The normalized spacial score (nSPS) is 22.3. The summed E-state index contributed by atoms with van der Waals surface area (Å²) in [5, 5.41) is 0. The van der Waals surface area contributed by atoms with E-state index in [1.807, 2.05) is 6.08 Å². The van der Waals surface area contributed by atoms with Crippen molar-refractivity contribution in [2.24, 2.45) is 0 Å². The van der Waals surface area contributed by atoms with Gasteiger partial charge in [-0.25, -0.2) is 8.42 Å². The molecular formula is C12H12O4S2. The summed E-state index contributed by atoms with van der Waals surface area (Å²) in [4.78, 5) is 0.783. The first-order valence-corrected chi connectivity index (χ1v) is 7.49. The molecule has 0 saturated heterocycles. The average Bonchev–Trinajstić information content (AvgIpc) is 2.39. The van der Waals surface area contributed by atoms with E-state index in [0.29, 0.717) is 16.2 Å².